The van der Waals surface area contributed by atoms with Gasteiger partial charge in [0.25, 0.3) is 0 Å². The lowest BCUT2D eigenvalue weighted by Gasteiger charge is -2.30. The summed E-state index contributed by atoms with van der Waals surface area (Å²) < 4.78 is 11.2. The van der Waals surface area contributed by atoms with Gasteiger partial charge in [0, 0.05) is 24.3 Å². The van der Waals surface area contributed by atoms with E-state index >= 15 is 0 Å². The molecule has 0 aromatic heterocycles. The highest BCUT2D eigenvalue weighted by Gasteiger charge is 2.41. The molecule has 300 valence electrons. The lowest BCUT2D eigenvalue weighted by molar-refractivity contribution is -0.148. The molecule has 14 heteroatoms. The first-order valence-corrected chi connectivity index (χ1v) is 18.7. The number of ether oxygens (including phenoxy) is 2. The average molecular weight is 764 g/mol. The maximum Gasteiger partial charge on any atom is 0.308 e. The van der Waals surface area contributed by atoms with Crippen LogP contribution in [0.1, 0.15) is 92.7 Å². The van der Waals surface area contributed by atoms with Crippen LogP contribution in [0.4, 0.5) is 11.4 Å². The molecule has 1 heterocycles. The molecule has 1 aliphatic rings. The fourth-order valence-electron chi connectivity index (χ4n) is 5.76. The summed E-state index contributed by atoms with van der Waals surface area (Å²) in [6, 6.07) is 12.8. The molecule has 55 heavy (non-hydrogen) atoms. The number of amides is 6. The number of anilines is 2. The molecule has 0 saturated carbocycles. The fraction of sp³-hybridized carbons (Fsp3) is 0.537. The normalized spacial score (nSPS) is 15.2. The summed E-state index contributed by atoms with van der Waals surface area (Å²) in [5.74, 6) is -2.79. The van der Waals surface area contributed by atoms with E-state index in [2.05, 4.69) is 21.3 Å². The molecule has 3 rings (SSSR count). The third-order valence-corrected chi connectivity index (χ3v) is 9.12. The molecule has 0 spiro atoms. The highest BCUT2D eigenvalue weighted by Crippen LogP contribution is 2.31. The number of rotatable bonds is 19. The Bertz CT molecular complexity index is 1700. The molecular weight excluding hydrogens is 706 g/mol. The molecule has 0 radical (unpaired) electrons. The van der Waals surface area contributed by atoms with E-state index in [-0.39, 0.29) is 80.5 Å². The minimum atomic E-state index is -0.878. The number of benzene rings is 2. The van der Waals surface area contributed by atoms with E-state index < -0.39 is 34.9 Å². The third kappa shape index (κ3) is 14.2. The molecule has 14 nitrogen and oxygen atoms in total. The van der Waals surface area contributed by atoms with Crippen LogP contribution in [-0.4, -0.2) is 71.7 Å². The Morgan fingerprint density at radius 1 is 0.836 bits per heavy atom. The third-order valence-electron chi connectivity index (χ3n) is 9.12. The van der Waals surface area contributed by atoms with Crippen LogP contribution in [0.25, 0.3) is 0 Å². The van der Waals surface area contributed by atoms with Gasteiger partial charge in [-0.25, -0.2) is 0 Å². The largest absolute Gasteiger partial charge is 0.461 e. The zero-order valence-electron chi connectivity index (χ0n) is 33.5. The van der Waals surface area contributed by atoms with Gasteiger partial charge in [-0.1, -0.05) is 52.0 Å². The summed E-state index contributed by atoms with van der Waals surface area (Å²) in [5.41, 5.74) is 1.01. The smallest absolute Gasteiger partial charge is 0.308 e. The monoisotopic (exact) mass is 763 g/mol. The highest BCUT2D eigenvalue weighted by atomic mass is 16.5. The van der Waals surface area contributed by atoms with Crippen molar-refractivity contribution in [1.29, 1.82) is 0 Å². The van der Waals surface area contributed by atoms with Crippen molar-refractivity contribution in [2.24, 2.45) is 17.8 Å². The maximum atomic E-state index is 12.9. The second-order valence-electron chi connectivity index (χ2n) is 15.9. The molecular formula is C41H57N5O9. The van der Waals surface area contributed by atoms with Gasteiger partial charge >= 0.3 is 5.97 Å². The summed E-state index contributed by atoms with van der Waals surface area (Å²) in [6.45, 7) is 16.2. The number of nitrogens with zero attached hydrogens (tertiary/aromatic N) is 1. The second kappa shape index (κ2) is 19.5. The molecule has 2 atom stereocenters. The first-order valence-electron chi connectivity index (χ1n) is 18.7. The Balaban J connectivity index is 1.35. The van der Waals surface area contributed by atoms with Crippen molar-refractivity contribution >= 4 is 52.8 Å². The van der Waals surface area contributed by atoms with Crippen LogP contribution in [-0.2, 0) is 56.1 Å². The summed E-state index contributed by atoms with van der Waals surface area (Å²) >= 11 is 0. The van der Waals surface area contributed by atoms with E-state index in [9.17, 15) is 33.6 Å². The lowest BCUT2D eigenvalue weighted by atomic mass is 9.94. The molecule has 6 amide bonds. The lowest BCUT2D eigenvalue weighted by Crippen LogP contribution is -2.47. The molecule has 4 N–H and O–H groups in total. The minimum absolute atomic E-state index is 0.0292. The topological polar surface area (TPSA) is 189 Å². The Kier molecular flexibility index (Phi) is 15.7. The van der Waals surface area contributed by atoms with Gasteiger partial charge in [0.2, 0.25) is 35.4 Å². The molecule has 2 aromatic carbocycles. The van der Waals surface area contributed by atoms with Crippen molar-refractivity contribution in [3.8, 4) is 0 Å². The average Bonchev–Trinajstić information content (AvgIpc) is 3.39. The summed E-state index contributed by atoms with van der Waals surface area (Å²) in [5, 5.41) is 10.8. The van der Waals surface area contributed by atoms with Crippen molar-refractivity contribution in [3.63, 3.8) is 0 Å². The maximum absolute atomic E-state index is 12.9. The number of esters is 1. The highest BCUT2D eigenvalue weighted by molar-refractivity contribution is 6.21. The number of carbonyl (C=O) groups is 7. The standard InChI is InChI=1S/C41H57N5O9/c1-25(2)32-21-36(50)46(38(32)52)31-16-12-28(13-17-31)20-33(47)45-40(6,7)18-19-55-41(8,9)22-34(48)42-23-35(49)43-27(5)37(51)44-30-14-10-29(11-15-30)24-54-39(53)26(3)4/h10-17,25-27,32H,18-24H2,1-9H3,(H,42,48)(H,43,49)(H,44,51)(H,45,47). The van der Waals surface area contributed by atoms with Crippen LogP contribution >= 0.6 is 0 Å². The van der Waals surface area contributed by atoms with Gasteiger partial charge in [-0.2, -0.15) is 0 Å². The van der Waals surface area contributed by atoms with Crippen LogP contribution in [0.3, 0.4) is 0 Å². The predicted molar refractivity (Wildman–Crippen MR) is 207 cm³/mol. The van der Waals surface area contributed by atoms with E-state index in [1.807, 2.05) is 27.7 Å². The fourth-order valence-corrected chi connectivity index (χ4v) is 5.76. The van der Waals surface area contributed by atoms with E-state index in [0.717, 1.165) is 11.1 Å². The zero-order valence-corrected chi connectivity index (χ0v) is 33.5. The Morgan fingerprint density at radius 2 is 1.45 bits per heavy atom. The van der Waals surface area contributed by atoms with E-state index in [0.29, 0.717) is 17.8 Å². The van der Waals surface area contributed by atoms with Gasteiger partial charge < -0.3 is 30.7 Å². The van der Waals surface area contributed by atoms with Gasteiger partial charge in [-0.15, -0.1) is 0 Å². The number of hydrogen-bond acceptors (Lipinski definition) is 9. The Hall–Kier alpha value is -5.11. The van der Waals surface area contributed by atoms with Crippen LogP contribution < -0.4 is 26.2 Å². The second-order valence-corrected chi connectivity index (χ2v) is 15.9. The van der Waals surface area contributed by atoms with Crippen molar-refractivity contribution in [3.05, 3.63) is 59.7 Å². The van der Waals surface area contributed by atoms with Gasteiger partial charge in [-0.3, -0.25) is 38.5 Å². The van der Waals surface area contributed by atoms with Gasteiger partial charge in [-0.05, 0) is 82.3 Å². The van der Waals surface area contributed by atoms with Gasteiger partial charge in [0.05, 0.1) is 42.5 Å². The zero-order chi connectivity index (χ0) is 41.1. The molecule has 0 bridgehead atoms. The van der Waals surface area contributed by atoms with Crippen molar-refractivity contribution in [1.82, 2.24) is 16.0 Å². The van der Waals surface area contributed by atoms with Crippen molar-refractivity contribution in [2.75, 3.05) is 23.4 Å². The molecule has 1 aliphatic heterocycles. The first kappa shape index (κ1) is 44.3. The quantitative estimate of drug-likeness (QED) is 0.120. The van der Waals surface area contributed by atoms with E-state index in [1.54, 1.807) is 76.2 Å². The van der Waals surface area contributed by atoms with Gasteiger partial charge in [0.15, 0.2) is 0 Å². The predicted octanol–water partition coefficient (Wildman–Crippen LogP) is 4.19. The Labute approximate surface area is 323 Å². The van der Waals surface area contributed by atoms with Crippen LogP contribution in [0, 0.1) is 17.8 Å². The minimum Gasteiger partial charge on any atom is -0.461 e. The Morgan fingerprint density at radius 3 is 2.04 bits per heavy atom. The van der Waals surface area contributed by atoms with Crippen molar-refractivity contribution in [2.45, 2.75) is 112 Å². The number of hydrogen-bond donors (Lipinski definition) is 4. The van der Waals surface area contributed by atoms with Crippen molar-refractivity contribution < 1.29 is 43.0 Å². The van der Waals surface area contributed by atoms with Gasteiger partial charge in [0.1, 0.15) is 12.6 Å². The van der Waals surface area contributed by atoms with Crippen LogP contribution in [0.2, 0.25) is 0 Å². The molecule has 2 unspecified atom stereocenters. The first-order chi connectivity index (χ1) is 25.7. The summed E-state index contributed by atoms with van der Waals surface area (Å²) in [4.78, 5) is 88.7. The molecule has 0 aliphatic carbocycles. The van der Waals surface area contributed by atoms with Crippen LogP contribution in [0.5, 0.6) is 0 Å². The molecule has 1 saturated heterocycles. The SMILES string of the molecule is CC(C)C(=O)OCc1ccc(NC(=O)C(C)NC(=O)CNC(=O)CC(C)(C)OCCC(C)(C)NC(=O)Cc2ccc(N3C(=O)CC(C(C)C)C3=O)cc2)cc1. The molecule has 1 fully saturated rings. The molecule has 2 aromatic rings. The number of imide groups is 1. The van der Waals surface area contributed by atoms with E-state index in [1.165, 1.54) is 11.8 Å². The van der Waals surface area contributed by atoms with Crippen LogP contribution in [0.15, 0.2) is 48.5 Å². The number of carbonyl (C=O) groups excluding carboxylic acids is 7. The summed E-state index contributed by atoms with van der Waals surface area (Å²) in [6.07, 6.45) is 0.737. The number of nitrogens with one attached hydrogen (secondary N) is 4. The summed E-state index contributed by atoms with van der Waals surface area (Å²) in [7, 11) is 0. The van der Waals surface area contributed by atoms with E-state index in [4.69, 9.17) is 9.47 Å².